The van der Waals surface area contributed by atoms with Gasteiger partial charge in [0.2, 0.25) is 5.13 Å². The third kappa shape index (κ3) is 3.72. The number of aromatic nitrogens is 2. The summed E-state index contributed by atoms with van der Waals surface area (Å²) in [5, 5.41) is 16.7. The zero-order valence-electron chi connectivity index (χ0n) is 7.84. The Morgan fingerprint density at radius 2 is 2.43 bits per heavy atom. The van der Waals surface area contributed by atoms with Crippen LogP contribution in [0.25, 0.3) is 0 Å². The summed E-state index contributed by atoms with van der Waals surface area (Å²) in [5.41, 5.74) is 0. The first-order valence-electron chi connectivity index (χ1n) is 3.76. The molecular formula is C7H9N5S2. The smallest absolute Gasteiger partial charge is 0.233 e. The normalized spacial score (nSPS) is 10.4. The summed E-state index contributed by atoms with van der Waals surface area (Å²) < 4.78 is 0.775. The maximum atomic E-state index is 8.36. The van der Waals surface area contributed by atoms with Gasteiger partial charge in [0.15, 0.2) is 4.34 Å². The summed E-state index contributed by atoms with van der Waals surface area (Å²) in [7, 11) is 3.77. The first-order valence-corrected chi connectivity index (χ1v) is 5.56. The second-order valence-corrected chi connectivity index (χ2v) is 4.68. The minimum atomic E-state index is 0.395. The molecule has 1 heterocycles. The van der Waals surface area contributed by atoms with Crippen molar-refractivity contribution in [3.8, 4) is 6.07 Å². The van der Waals surface area contributed by atoms with Crippen molar-refractivity contribution >= 4 is 34.6 Å². The largest absolute Gasteiger partial charge is 0.369 e. The molecule has 0 saturated heterocycles. The highest BCUT2D eigenvalue weighted by molar-refractivity contribution is 8.01. The monoisotopic (exact) mass is 227 g/mol. The molecule has 0 aliphatic heterocycles. The van der Waals surface area contributed by atoms with Crippen LogP contribution in [-0.2, 0) is 0 Å². The molecule has 1 aromatic rings. The molecule has 5 nitrogen and oxygen atoms in total. The van der Waals surface area contributed by atoms with Gasteiger partial charge in [-0.15, -0.1) is 10.2 Å². The number of nitriles is 1. The minimum absolute atomic E-state index is 0.395. The Labute approximate surface area is 90.5 Å². The lowest BCUT2D eigenvalue weighted by Crippen LogP contribution is -2.06. The molecule has 7 heteroatoms. The van der Waals surface area contributed by atoms with Gasteiger partial charge in [-0.25, -0.2) is 4.99 Å². The lowest BCUT2D eigenvalue weighted by molar-refractivity contribution is 0.643. The zero-order valence-corrected chi connectivity index (χ0v) is 9.47. The van der Waals surface area contributed by atoms with E-state index in [0.717, 1.165) is 4.34 Å². The Morgan fingerprint density at radius 3 is 3.07 bits per heavy atom. The fourth-order valence-electron chi connectivity index (χ4n) is 0.572. The predicted molar refractivity (Wildman–Crippen MR) is 58.1 cm³/mol. The highest BCUT2D eigenvalue weighted by atomic mass is 32.2. The van der Waals surface area contributed by atoms with E-state index in [1.807, 2.05) is 25.1 Å². The van der Waals surface area contributed by atoms with Crippen molar-refractivity contribution in [2.45, 2.75) is 4.34 Å². The van der Waals surface area contributed by atoms with E-state index in [1.165, 1.54) is 23.1 Å². The Hall–Kier alpha value is -1.13. The summed E-state index contributed by atoms with van der Waals surface area (Å²) >= 11 is 2.75. The summed E-state index contributed by atoms with van der Waals surface area (Å²) in [6.45, 7) is 0. The van der Waals surface area contributed by atoms with E-state index in [1.54, 1.807) is 6.34 Å². The molecule has 0 aliphatic rings. The topological polar surface area (TPSA) is 65.2 Å². The van der Waals surface area contributed by atoms with Gasteiger partial charge in [-0.05, 0) is 0 Å². The molecule has 0 aromatic carbocycles. The van der Waals surface area contributed by atoms with Gasteiger partial charge in [0.25, 0.3) is 0 Å². The molecule has 0 aliphatic carbocycles. The third-order valence-corrected chi connectivity index (χ3v) is 2.89. The van der Waals surface area contributed by atoms with Gasteiger partial charge in [-0.3, -0.25) is 0 Å². The molecule has 0 bridgehead atoms. The Kier molecular flexibility index (Phi) is 4.35. The molecule has 0 N–H and O–H groups in total. The summed E-state index contributed by atoms with van der Waals surface area (Å²) in [6.07, 6.45) is 1.67. The first-order chi connectivity index (χ1) is 6.72. The number of aliphatic imine (C=N–C) groups is 1. The second kappa shape index (κ2) is 5.57. The molecule has 0 spiro atoms. The third-order valence-electron chi connectivity index (χ3n) is 1.06. The number of hydrogen-bond acceptors (Lipinski definition) is 6. The number of hydrogen-bond donors (Lipinski definition) is 0. The Bertz CT molecular complexity index is 351. The van der Waals surface area contributed by atoms with E-state index in [4.69, 9.17) is 5.26 Å². The van der Waals surface area contributed by atoms with Gasteiger partial charge in [0.05, 0.1) is 18.2 Å². The maximum Gasteiger partial charge on any atom is 0.233 e. The maximum absolute atomic E-state index is 8.36. The van der Waals surface area contributed by atoms with Crippen molar-refractivity contribution in [2.24, 2.45) is 4.99 Å². The molecule has 0 radical (unpaired) electrons. The van der Waals surface area contributed by atoms with E-state index in [-0.39, 0.29) is 0 Å². The number of rotatable bonds is 4. The van der Waals surface area contributed by atoms with Crippen LogP contribution in [-0.4, -0.2) is 41.3 Å². The van der Waals surface area contributed by atoms with Gasteiger partial charge >= 0.3 is 0 Å². The van der Waals surface area contributed by atoms with Crippen molar-refractivity contribution in [1.29, 1.82) is 5.26 Å². The van der Waals surface area contributed by atoms with Crippen LogP contribution >= 0.6 is 23.1 Å². The van der Waals surface area contributed by atoms with E-state index in [9.17, 15) is 0 Å². The highest BCUT2D eigenvalue weighted by Crippen LogP contribution is 2.26. The Morgan fingerprint density at radius 1 is 1.64 bits per heavy atom. The highest BCUT2D eigenvalue weighted by Gasteiger charge is 2.01. The van der Waals surface area contributed by atoms with Gasteiger partial charge in [0, 0.05) is 14.1 Å². The van der Waals surface area contributed by atoms with Gasteiger partial charge in [-0.1, -0.05) is 23.1 Å². The lowest BCUT2D eigenvalue weighted by Gasteiger charge is -1.99. The van der Waals surface area contributed by atoms with Gasteiger partial charge in [0.1, 0.15) is 0 Å². The van der Waals surface area contributed by atoms with Crippen molar-refractivity contribution in [1.82, 2.24) is 15.1 Å². The first kappa shape index (κ1) is 10.9. The summed E-state index contributed by atoms with van der Waals surface area (Å²) in [5.74, 6) is 0.395. The SMILES string of the molecule is CN(C)C=Nc1nnc(SCC#N)s1. The van der Waals surface area contributed by atoms with Crippen LogP contribution in [0.4, 0.5) is 5.13 Å². The van der Waals surface area contributed by atoms with Crippen LogP contribution in [0.2, 0.25) is 0 Å². The van der Waals surface area contributed by atoms with Crippen molar-refractivity contribution in [3.63, 3.8) is 0 Å². The average Bonchev–Trinajstić information content (AvgIpc) is 2.59. The van der Waals surface area contributed by atoms with E-state index in [0.29, 0.717) is 10.9 Å². The van der Waals surface area contributed by atoms with Crippen LogP contribution in [0, 0.1) is 11.3 Å². The van der Waals surface area contributed by atoms with Crippen molar-refractivity contribution in [3.05, 3.63) is 0 Å². The van der Waals surface area contributed by atoms with Crippen LogP contribution < -0.4 is 0 Å². The summed E-state index contributed by atoms with van der Waals surface area (Å²) in [6, 6.07) is 2.03. The summed E-state index contributed by atoms with van der Waals surface area (Å²) in [4.78, 5) is 5.91. The molecule has 1 rings (SSSR count). The second-order valence-electron chi connectivity index (χ2n) is 2.51. The lowest BCUT2D eigenvalue weighted by atomic mass is 10.9. The zero-order chi connectivity index (χ0) is 10.4. The fraction of sp³-hybridized carbons (Fsp3) is 0.429. The molecule has 1 aromatic heterocycles. The molecular weight excluding hydrogens is 218 g/mol. The van der Waals surface area contributed by atoms with Crippen LogP contribution in [0.3, 0.4) is 0 Å². The molecule has 0 amide bonds. The minimum Gasteiger partial charge on any atom is -0.369 e. The van der Waals surface area contributed by atoms with E-state index >= 15 is 0 Å². The predicted octanol–water partition coefficient (Wildman–Crippen LogP) is 1.38. The Balaban J connectivity index is 2.55. The average molecular weight is 227 g/mol. The van der Waals surface area contributed by atoms with Gasteiger partial charge < -0.3 is 4.90 Å². The van der Waals surface area contributed by atoms with Gasteiger partial charge in [-0.2, -0.15) is 5.26 Å². The molecule has 74 valence electrons. The van der Waals surface area contributed by atoms with Crippen LogP contribution in [0.15, 0.2) is 9.33 Å². The van der Waals surface area contributed by atoms with Crippen molar-refractivity contribution in [2.75, 3.05) is 19.8 Å². The molecule has 0 atom stereocenters. The fourth-order valence-corrected chi connectivity index (χ4v) is 1.91. The molecule has 14 heavy (non-hydrogen) atoms. The van der Waals surface area contributed by atoms with Crippen LogP contribution in [0.1, 0.15) is 0 Å². The molecule has 0 fully saturated rings. The van der Waals surface area contributed by atoms with E-state index < -0.39 is 0 Å². The van der Waals surface area contributed by atoms with E-state index in [2.05, 4.69) is 15.2 Å². The standard InChI is InChI=1S/C7H9N5S2/c1-12(2)5-9-6-10-11-7(14-6)13-4-3-8/h5H,4H2,1-2H3. The van der Waals surface area contributed by atoms with Crippen LogP contribution in [0.5, 0.6) is 0 Å². The number of nitrogens with zero attached hydrogens (tertiary/aromatic N) is 5. The molecule has 0 unspecified atom stereocenters. The quantitative estimate of drug-likeness (QED) is 0.441. The van der Waals surface area contributed by atoms with Crippen molar-refractivity contribution < 1.29 is 0 Å². The molecule has 0 saturated carbocycles. The number of thioether (sulfide) groups is 1.